The van der Waals surface area contributed by atoms with Crippen molar-refractivity contribution in [3.8, 4) is 10.4 Å². The lowest BCUT2D eigenvalue weighted by atomic mass is 9.75. The van der Waals surface area contributed by atoms with Crippen molar-refractivity contribution in [1.29, 1.82) is 0 Å². The molecule has 1 spiro atoms. The number of hydrogen-bond acceptors (Lipinski definition) is 5. The highest BCUT2D eigenvalue weighted by atomic mass is 32.1. The standard InChI is InChI=1S/C22H25N3O3S/c1-23(2)20(26)16-5-3-4-15(12-16)18-6-7-19(29-18)25-14-22(28-21(25)27)13-24-10-8-17(22)9-11-24/h3-7,12,17H,8-11,13-14H2,1-2H3. The normalized spacial score (nSPS) is 28.1. The summed E-state index contributed by atoms with van der Waals surface area (Å²) in [6, 6.07) is 11.7. The van der Waals surface area contributed by atoms with Gasteiger partial charge in [0.1, 0.15) is 10.6 Å². The molecule has 7 heteroatoms. The number of carbonyl (C=O) groups is 2. The molecule has 2 bridgehead atoms. The molecule has 1 aromatic heterocycles. The molecule has 1 atom stereocenters. The Morgan fingerprint density at radius 3 is 2.66 bits per heavy atom. The number of thiophene rings is 1. The zero-order chi connectivity index (χ0) is 20.2. The molecule has 1 unspecified atom stereocenters. The molecule has 5 heterocycles. The van der Waals surface area contributed by atoms with Crippen LogP contribution in [0.25, 0.3) is 10.4 Å². The van der Waals surface area contributed by atoms with Crippen LogP contribution in [0, 0.1) is 5.92 Å². The predicted molar refractivity (Wildman–Crippen MR) is 113 cm³/mol. The van der Waals surface area contributed by atoms with Gasteiger partial charge in [0.05, 0.1) is 6.54 Å². The van der Waals surface area contributed by atoms with E-state index < -0.39 is 0 Å². The Balaban J connectivity index is 1.39. The van der Waals surface area contributed by atoms with Gasteiger partial charge in [0.15, 0.2) is 0 Å². The van der Waals surface area contributed by atoms with E-state index in [0.717, 1.165) is 47.9 Å². The third kappa shape index (κ3) is 3.13. The van der Waals surface area contributed by atoms with E-state index in [0.29, 0.717) is 18.0 Å². The van der Waals surface area contributed by atoms with Crippen LogP contribution in [0.3, 0.4) is 0 Å². The van der Waals surface area contributed by atoms with Gasteiger partial charge in [0, 0.05) is 37.0 Å². The summed E-state index contributed by atoms with van der Waals surface area (Å²) in [6.45, 7) is 3.73. The van der Waals surface area contributed by atoms with Gasteiger partial charge < -0.3 is 9.64 Å². The molecule has 4 aliphatic heterocycles. The van der Waals surface area contributed by atoms with Crippen LogP contribution in [0.2, 0.25) is 0 Å². The van der Waals surface area contributed by atoms with Crippen molar-refractivity contribution < 1.29 is 14.3 Å². The SMILES string of the molecule is CN(C)C(=O)c1cccc(-c2ccc(N3CC4(CN5CCC4CC5)OC3=O)s2)c1. The number of amides is 2. The quantitative estimate of drug-likeness (QED) is 0.775. The summed E-state index contributed by atoms with van der Waals surface area (Å²) in [5.41, 5.74) is 1.30. The van der Waals surface area contributed by atoms with Crippen molar-refractivity contribution in [2.24, 2.45) is 5.92 Å². The zero-order valence-corrected chi connectivity index (χ0v) is 17.6. The first-order chi connectivity index (χ1) is 13.9. The molecule has 4 aliphatic rings. The molecule has 4 fully saturated rings. The van der Waals surface area contributed by atoms with E-state index in [2.05, 4.69) is 4.90 Å². The molecule has 6 nitrogen and oxygen atoms in total. The maximum Gasteiger partial charge on any atom is 0.415 e. The van der Waals surface area contributed by atoms with Crippen molar-refractivity contribution in [2.45, 2.75) is 18.4 Å². The molecule has 0 aliphatic carbocycles. The Bertz CT molecular complexity index is 964. The van der Waals surface area contributed by atoms with Gasteiger partial charge in [-0.05, 0) is 55.8 Å². The summed E-state index contributed by atoms with van der Waals surface area (Å²) in [4.78, 5) is 31.8. The zero-order valence-electron chi connectivity index (χ0n) is 16.8. The Hall–Kier alpha value is -2.38. The molecule has 152 valence electrons. The lowest BCUT2D eigenvalue weighted by Crippen LogP contribution is -2.61. The fraction of sp³-hybridized carbons (Fsp3) is 0.455. The molecule has 29 heavy (non-hydrogen) atoms. The largest absolute Gasteiger partial charge is 0.439 e. The van der Waals surface area contributed by atoms with E-state index in [1.54, 1.807) is 35.2 Å². The Labute approximate surface area is 174 Å². The summed E-state index contributed by atoms with van der Waals surface area (Å²) < 4.78 is 5.98. The Morgan fingerprint density at radius 2 is 1.97 bits per heavy atom. The summed E-state index contributed by atoms with van der Waals surface area (Å²) in [6.07, 6.45) is 2.00. The van der Waals surface area contributed by atoms with Gasteiger partial charge in [0.2, 0.25) is 0 Å². The van der Waals surface area contributed by atoms with Gasteiger partial charge in [0.25, 0.3) is 5.91 Å². The number of piperidine rings is 3. The number of anilines is 1. The van der Waals surface area contributed by atoms with E-state index in [4.69, 9.17) is 4.74 Å². The Morgan fingerprint density at radius 1 is 1.17 bits per heavy atom. The van der Waals surface area contributed by atoms with Crippen molar-refractivity contribution in [3.63, 3.8) is 0 Å². The van der Waals surface area contributed by atoms with Crippen LogP contribution < -0.4 is 4.90 Å². The number of ether oxygens (including phenoxy) is 1. The topological polar surface area (TPSA) is 53.1 Å². The van der Waals surface area contributed by atoms with Crippen molar-refractivity contribution in [3.05, 3.63) is 42.0 Å². The van der Waals surface area contributed by atoms with E-state index in [1.165, 1.54) is 0 Å². The fourth-order valence-corrected chi connectivity index (χ4v) is 5.86. The third-order valence-electron chi connectivity index (χ3n) is 6.42. The molecule has 0 radical (unpaired) electrons. The fourth-order valence-electron chi connectivity index (χ4n) is 4.87. The number of carbonyl (C=O) groups excluding carboxylic acids is 2. The van der Waals surface area contributed by atoms with Crippen molar-refractivity contribution >= 4 is 28.3 Å². The Kier molecular flexibility index (Phi) is 4.40. The maximum absolute atomic E-state index is 12.7. The van der Waals surface area contributed by atoms with Gasteiger partial charge in [-0.1, -0.05) is 12.1 Å². The summed E-state index contributed by atoms with van der Waals surface area (Å²) in [5, 5.41) is 0.905. The van der Waals surface area contributed by atoms with Gasteiger partial charge in [-0.15, -0.1) is 11.3 Å². The van der Waals surface area contributed by atoms with Gasteiger partial charge in [-0.25, -0.2) is 4.79 Å². The summed E-state index contributed by atoms with van der Waals surface area (Å²) in [5.74, 6) is 0.450. The number of hydrogen-bond donors (Lipinski definition) is 0. The minimum absolute atomic E-state index is 0.0176. The highest BCUT2D eigenvalue weighted by Crippen LogP contribution is 2.45. The number of rotatable bonds is 3. The molecule has 0 N–H and O–H groups in total. The van der Waals surface area contributed by atoms with Crippen LogP contribution >= 0.6 is 11.3 Å². The minimum atomic E-state index is -0.351. The van der Waals surface area contributed by atoms with E-state index in [-0.39, 0.29) is 17.6 Å². The first kappa shape index (κ1) is 18.6. The third-order valence-corrected chi connectivity index (χ3v) is 7.57. The monoisotopic (exact) mass is 411 g/mol. The summed E-state index contributed by atoms with van der Waals surface area (Å²) >= 11 is 1.57. The lowest BCUT2D eigenvalue weighted by Gasteiger charge is -2.49. The average Bonchev–Trinajstić information content (AvgIpc) is 3.33. The molecule has 1 aromatic carbocycles. The maximum atomic E-state index is 12.7. The second kappa shape index (κ2) is 6.85. The van der Waals surface area contributed by atoms with Gasteiger partial charge >= 0.3 is 6.09 Å². The number of fused-ring (bicyclic) bond motifs is 2. The molecule has 0 saturated carbocycles. The highest BCUT2D eigenvalue weighted by molar-refractivity contribution is 7.19. The van der Waals surface area contributed by atoms with Gasteiger partial charge in [-0.3, -0.25) is 14.6 Å². The molecule has 2 aromatic rings. The van der Waals surface area contributed by atoms with Crippen LogP contribution in [-0.4, -0.2) is 67.7 Å². The van der Waals surface area contributed by atoms with Crippen LogP contribution in [0.4, 0.5) is 9.80 Å². The predicted octanol–water partition coefficient (Wildman–Crippen LogP) is 3.54. The lowest BCUT2D eigenvalue weighted by molar-refractivity contribution is -0.0881. The molecular formula is C22H25N3O3S. The van der Waals surface area contributed by atoms with Crippen LogP contribution in [0.5, 0.6) is 0 Å². The first-order valence-electron chi connectivity index (χ1n) is 10.1. The van der Waals surface area contributed by atoms with Crippen molar-refractivity contribution in [2.75, 3.05) is 45.2 Å². The first-order valence-corrected chi connectivity index (χ1v) is 10.9. The van der Waals surface area contributed by atoms with Crippen LogP contribution in [0.15, 0.2) is 36.4 Å². The smallest absolute Gasteiger partial charge is 0.415 e. The second-order valence-corrected chi connectivity index (χ2v) is 9.55. The second-order valence-electron chi connectivity index (χ2n) is 8.49. The number of nitrogens with zero attached hydrogens (tertiary/aromatic N) is 3. The highest BCUT2D eigenvalue weighted by Gasteiger charge is 2.55. The number of benzene rings is 1. The minimum Gasteiger partial charge on any atom is -0.439 e. The average molecular weight is 412 g/mol. The van der Waals surface area contributed by atoms with E-state index in [9.17, 15) is 9.59 Å². The summed E-state index contributed by atoms with van der Waals surface area (Å²) in [7, 11) is 3.50. The van der Waals surface area contributed by atoms with Crippen LogP contribution in [-0.2, 0) is 4.74 Å². The molecule has 4 saturated heterocycles. The molecular weight excluding hydrogens is 386 g/mol. The van der Waals surface area contributed by atoms with E-state index in [1.807, 2.05) is 36.4 Å². The molecule has 6 rings (SSSR count). The van der Waals surface area contributed by atoms with Crippen LogP contribution in [0.1, 0.15) is 23.2 Å². The molecule has 2 amide bonds. The van der Waals surface area contributed by atoms with E-state index >= 15 is 0 Å². The van der Waals surface area contributed by atoms with Crippen molar-refractivity contribution in [1.82, 2.24) is 9.80 Å². The van der Waals surface area contributed by atoms with Gasteiger partial charge in [-0.2, -0.15) is 0 Å².